The lowest BCUT2D eigenvalue weighted by atomic mass is 10.1. The Balaban J connectivity index is 0.00000288. The molecule has 0 saturated carbocycles. The second-order valence-electron chi connectivity index (χ2n) is 4.96. The molecule has 2 rings (SSSR count). The fourth-order valence-electron chi connectivity index (χ4n) is 2.35. The third-order valence-corrected chi connectivity index (χ3v) is 3.70. The monoisotopic (exact) mass is 371 g/mol. The van der Waals surface area contributed by atoms with Gasteiger partial charge in [-0.15, -0.1) is 12.4 Å². The zero-order valence-electron chi connectivity index (χ0n) is 14.1. The van der Waals surface area contributed by atoms with Gasteiger partial charge < -0.3 is 19.5 Å². The molecular formula is C18H23Cl2NO3. The number of hydrogen-bond donors (Lipinski definition) is 1. The number of benzene rings is 2. The molecule has 0 heterocycles. The number of ether oxygens (including phenoxy) is 3. The minimum Gasteiger partial charge on any atom is -0.496 e. The summed E-state index contributed by atoms with van der Waals surface area (Å²) in [6.07, 6.45) is 0. The van der Waals surface area contributed by atoms with Gasteiger partial charge in [0.1, 0.15) is 5.75 Å². The van der Waals surface area contributed by atoms with Crippen molar-refractivity contribution in [2.75, 3.05) is 20.8 Å². The van der Waals surface area contributed by atoms with E-state index in [1.54, 1.807) is 14.2 Å². The van der Waals surface area contributed by atoms with Gasteiger partial charge in [-0.3, -0.25) is 0 Å². The molecule has 4 nitrogen and oxygen atoms in total. The van der Waals surface area contributed by atoms with Gasteiger partial charge >= 0.3 is 0 Å². The Kier molecular flexibility index (Phi) is 8.76. The smallest absolute Gasteiger partial charge is 0.179 e. The molecule has 0 aliphatic heterocycles. The molecule has 132 valence electrons. The van der Waals surface area contributed by atoms with Gasteiger partial charge in [-0.1, -0.05) is 29.8 Å². The lowest BCUT2D eigenvalue weighted by molar-refractivity contribution is 0.311. The molecule has 6 heteroatoms. The highest BCUT2D eigenvalue weighted by molar-refractivity contribution is 6.32. The summed E-state index contributed by atoms with van der Waals surface area (Å²) in [5.41, 5.74) is 2.14. The normalized spacial score (nSPS) is 10.0. The molecule has 0 atom stereocenters. The predicted molar refractivity (Wildman–Crippen MR) is 100.0 cm³/mol. The standard InChI is InChI=1S/C18H22ClNO3.ClH/c1-4-23-18-15(19)9-13(10-17(18)22-3)11-20-12-14-7-5-6-8-16(14)21-2;/h5-10,20H,4,11-12H2,1-3H3;1H. The molecule has 0 bridgehead atoms. The van der Waals surface area contributed by atoms with Crippen LogP contribution in [0.2, 0.25) is 5.02 Å². The molecule has 0 amide bonds. The molecule has 0 unspecified atom stereocenters. The first-order valence-electron chi connectivity index (χ1n) is 7.51. The van der Waals surface area contributed by atoms with Crippen LogP contribution in [0.25, 0.3) is 0 Å². The van der Waals surface area contributed by atoms with Gasteiger partial charge in [0.2, 0.25) is 0 Å². The highest BCUT2D eigenvalue weighted by Crippen LogP contribution is 2.36. The van der Waals surface area contributed by atoms with Crippen molar-refractivity contribution in [2.24, 2.45) is 0 Å². The Bertz CT molecular complexity index is 650. The minimum atomic E-state index is 0. The van der Waals surface area contributed by atoms with Crippen molar-refractivity contribution in [2.45, 2.75) is 20.0 Å². The first kappa shape index (κ1) is 20.4. The molecular weight excluding hydrogens is 349 g/mol. The first-order chi connectivity index (χ1) is 11.2. The number of para-hydroxylation sites is 1. The largest absolute Gasteiger partial charge is 0.496 e. The van der Waals surface area contributed by atoms with E-state index < -0.39 is 0 Å². The van der Waals surface area contributed by atoms with E-state index in [9.17, 15) is 0 Å². The van der Waals surface area contributed by atoms with Crippen LogP contribution >= 0.6 is 24.0 Å². The Hall–Kier alpha value is -1.62. The van der Waals surface area contributed by atoms with Crippen LogP contribution < -0.4 is 19.5 Å². The third-order valence-electron chi connectivity index (χ3n) is 3.42. The SMILES string of the molecule is CCOc1c(Cl)cc(CNCc2ccccc2OC)cc1OC.Cl. The second kappa shape index (κ2) is 10.3. The summed E-state index contributed by atoms with van der Waals surface area (Å²) < 4.78 is 16.2. The highest BCUT2D eigenvalue weighted by Gasteiger charge is 2.11. The number of rotatable bonds is 8. The van der Waals surface area contributed by atoms with Crippen LogP contribution in [0.4, 0.5) is 0 Å². The van der Waals surface area contributed by atoms with E-state index in [0.29, 0.717) is 36.2 Å². The molecule has 0 aliphatic rings. The van der Waals surface area contributed by atoms with Crippen LogP contribution in [0, 0.1) is 0 Å². The molecule has 24 heavy (non-hydrogen) atoms. The first-order valence-corrected chi connectivity index (χ1v) is 7.89. The molecule has 0 saturated heterocycles. The quantitative estimate of drug-likeness (QED) is 0.742. The van der Waals surface area contributed by atoms with Crippen molar-refractivity contribution in [3.8, 4) is 17.2 Å². The van der Waals surface area contributed by atoms with Gasteiger partial charge in [0.25, 0.3) is 0 Å². The molecule has 0 aliphatic carbocycles. The van der Waals surface area contributed by atoms with Gasteiger partial charge in [-0.2, -0.15) is 0 Å². The van der Waals surface area contributed by atoms with Crippen LogP contribution in [-0.2, 0) is 13.1 Å². The second-order valence-corrected chi connectivity index (χ2v) is 5.36. The van der Waals surface area contributed by atoms with Crippen molar-refractivity contribution in [3.63, 3.8) is 0 Å². The molecule has 2 aromatic rings. The minimum absolute atomic E-state index is 0. The average Bonchev–Trinajstić information content (AvgIpc) is 2.57. The van der Waals surface area contributed by atoms with Crippen LogP contribution in [0.1, 0.15) is 18.1 Å². The number of hydrogen-bond acceptors (Lipinski definition) is 4. The van der Waals surface area contributed by atoms with Crippen molar-refractivity contribution in [3.05, 3.63) is 52.5 Å². The highest BCUT2D eigenvalue weighted by atomic mass is 35.5. The molecule has 2 aromatic carbocycles. The van der Waals surface area contributed by atoms with E-state index in [0.717, 1.165) is 16.9 Å². The number of methoxy groups -OCH3 is 2. The Labute approximate surface area is 154 Å². The maximum absolute atomic E-state index is 6.28. The Morgan fingerprint density at radius 1 is 1.00 bits per heavy atom. The van der Waals surface area contributed by atoms with Crippen molar-refractivity contribution in [1.82, 2.24) is 5.32 Å². The number of nitrogens with one attached hydrogen (secondary N) is 1. The van der Waals surface area contributed by atoms with Gasteiger partial charge in [-0.05, 0) is 30.7 Å². The summed E-state index contributed by atoms with van der Waals surface area (Å²) in [7, 11) is 3.29. The fraction of sp³-hybridized carbons (Fsp3) is 0.333. The molecule has 0 fully saturated rings. The zero-order chi connectivity index (χ0) is 16.7. The summed E-state index contributed by atoms with van der Waals surface area (Å²) in [5.74, 6) is 2.11. The fourth-order valence-corrected chi connectivity index (χ4v) is 2.64. The zero-order valence-corrected chi connectivity index (χ0v) is 15.7. The van der Waals surface area contributed by atoms with E-state index >= 15 is 0 Å². The van der Waals surface area contributed by atoms with Crippen molar-refractivity contribution < 1.29 is 14.2 Å². The van der Waals surface area contributed by atoms with E-state index in [1.165, 1.54) is 0 Å². The van der Waals surface area contributed by atoms with Gasteiger partial charge in [0.15, 0.2) is 11.5 Å². The van der Waals surface area contributed by atoms with Crippen LogP contribution in [-0.4, -0.2) is 20.8 Å². The maximum atomic E-state index is 6.28. The van der Waals surface area contributed by atoms with E-state index in [1.807, 2.05) is 43.3 Å². The van der Waals surface area contributed by atoms with Gasteiger partial charge in [0.05, 0.1) is 25.8 Å². The molecule has 0 aromatic heterocycles. The molecule has 0 spiro atoms. The summed E-state index contributed by atoms with van der Waals surface area (Å²) in [6.45, 7) is 3.83. The van der Waals surface area contributed by atoms with Crippen molar-refractivity contribution in [1.29, 1.82) is 0 Å². The molecule has 0 radical (unpaired) electrons. The van der Waals surface area contributed by atoms with E-state index in [4.69, 9.17) is 25.8 Å². The van der Waals surface area contributed by atoms with Crippen LogP contribution in [0.5, 0.6) is 17.2 Å². The van der Waals surface area contributed by atoms with Crippen LogP contribution in [0.3, 0.4) is 0 Å². The Morgan fingerprint density at radius 2 is 1.71 bits per heavy atom. The average molecular weight is 372 g/mol. The lowest BCUT2D eigenvalue weighted by Crippen LogP contribution is -2.13. The third kappa shape index (κ3) is 5.20. The van der Waals surface area contributed by atoms with Gasteiger partial charge in [-0.25, -0.2) is 0 Å². The topological polar surface area (TPSA) is 39.7 Å². The summed E-state index contributed by atoms with van der Waals surface area (Å²) in [5, 5.41) is 3.94. The lowest BCUT2D eigenvalue weighted by Gasteiger charge is -2.14. The van der Waals surface area contributed by atoms with Gasteiger partial charge in [0, 0.05) is 18.7 Å². The summed E-state index contributed by atoms with van der Waals surface area (Å²) in [4.78, 5) is 0. The Morgan fingerprint density at radius 3 is 2.38 bits per heavy atom. The summed E-state index contributed by atoms with van der Waals surface area (Å²) in [6, 6.07) is 11.8. The van der Waals surface area contributed by atoms with E-state index in [-0.39, 0.29) is 12.4 Å². The van der Waals surface area contributed by atoms with Crippen LogP contribution in [0.15, 0.2) is 36.4 Å². The molecule has 1 N–H and O–H groups in total. The van der Waals surface area contributed by atoms with E-state index in [2.05, 4.69) is 5.32 Å². The maximum Gasteiger partial charge on any atom is 0.179 e. The number of halogens is 2. The van der Waals surface area contributed by atoms with Crippen molar-refractivity contribution >= 4 is 24.0 Å². The summed E-state index contributed by atoms with van der Waals surface area (Å²) >= 11 is 6.28. The predicted octanol–water partition coefficient (Wildman–Crippen LogP) is 4.47.